The molecule has 0 aromatic heterocycles. The Kier molecular flexibility index (Phi) is 135. The van der Waals surface area contributed by atoms with Crippen molar-refractivity contribution in [2.45, 2.75) is 0 Å². The Morgan fingerprint density at radius 3 is 1.25 bits per heavy atom. The van der Waals surface area contributed by atoms with Crippen LogP contribution in [0.3, 0.4) is 0 Å². The first-order valence-corrected chi connectivity index (χ1v) is 0. The summed E-state index contributed by atoms with van der Waals surface area (Å²) in [6, 6.07) is 0. The van der Waals surface area contributed by atoms with Crippen molar-refractivity contribution in [2.24, 2.45) is 0 Å². The molecular weight excluding hydrogens is 87.3 g/mol. The summed E-state index contributed by atoms with van der Waals surface area (Å²) in [6.07, 6.45) is 0. The zero-order valence-electron chi connectivity index (χ0n) is 7.91. The van der Waals surface area contributed by atoms with Crippen molar-refractivity contribution in [1.29, 1.82) is 0 Å². The molecule has 4 heteroatoms. The van der Waals surface area contributed by atoms with Gasteiger partial charge in [0.25, 0.3) is 0 Å². The average Bonchev–Trinajstić information content (AvgIpc) is 0. The van der Waals surface area contributed by atoms with Gasteiger partial charge in [-0.15, -0.1) is 0 Å². The summed E-state index contributed by atoms with van der Waals surface area (Å²) >= 11 is 0. The van der Waals surface area contributed by atoms with Gasteiger partial charge >= 0.3 is 79.7 Å². The average molecular weight is 94.4 g/mol. The zero-order valence-corrected chi connectivity index (χ0v) is 6.54. The van der Waals surface area contributed by atoms with Crippen molar-refractivity contribution in [3.8, 4) is 0 Å². The van der Waals surface area contributed by atoms with Gasteiger partial charge in [0.1, 0.15) is 0 Å². The van der Waals surface area contributed by atoms with Crippen LogP contribution in [0, 0.1) is 0 Å². The van der Waals surface area contributed by atoms with Crippen molar-refractivity contribution in [3.05, 3.63) is 0 Å². The van der Waals surface area contributed by atoms with Crippen LogP contribution in [0.5, 0.6) is 0 Å². The van der Waals surface area contributed by atoms with Crippen molar-refractivity contribution in [3.63, 3.8) is 0 Å². The molecule has 1 nitrogen and oxygen atoms in total. The summed E-state index contributed by atoms with van der Waals surface area (Å²) in [7, 11) is 0. The molecule has 0 saturated heterocycles. The van der Waals surface area contributed by atoms with Gasteiger partial charge in [0, 0.05) is 0 Å². The molecule has 0 amide bonds. The van der Waals surface area contributed by atoms with Gasteiger partial charge in [-0.3, -0.25) is 0 Å². The van der Waals surface area contributed by atoms with E-state index in [4.69, 9.17) is 0 Å². The van der Waals surface area contributed by atoms with Crippen molar-refractivity contribution < 1.29 is 31.5 Å². The molecular formula is H7CaLiMgO. The molecule has 0 spiro atoms. The molecule has 0 aliphatic heterocycles. The monoisotopic (exact) mass is 94.0 g/mol. The Labute approximate surface area is 91.0 Å². The van der Waals surface area contributed by atoms with E-state index in [0.29, 0.717) is 0 Å². The number of rotatable bonds is 0. The van der Waals surface area contributed by atoms with Gasteiger partial charge in [0.15, 0.2) is 0 Å². The summed E-state index contributed by atoms with van der Waals surface area (Å²) in [5.74, 6) is 0. The largest absolute Gasteiger partial charge is 2.00 e. The molecule has 4 heavy (non-hydrogen) atoms. The van der Waals surface area contributed by atoms with E-state index in [-0.39, 0.29) is 92.3 Å². The second-order valence-corrected chi connectivity index (χ2v) is 0. The standard InChI is InChI=1S/Ca.Li.Mg.H2O.5H/h;;;1H2;;;;;/q+2;+1;+2;;5*-1. The molecule has 0 aliphatic carbocycles. The summed E-state index contributed by atoms with van der Waals surface area (Å²) in [5.41, 5.74) is 0. The van der Waals surface area contributed by atoms with Crippen LogP contribution in [-0.2, 0) is 0 Å². The van der Waals surface area contributed by atoms with Crippen molar-refractivity contribution >= 4 is 60.8 Å². The number of hydrogen-bond donors (Lipinski definition) is 0. The van der Waals surface area contributed by atoms with E-state index in [9.17, 15) is 0 Å². The first kappa shape index (κ1) is 30.8. The van der Waals surface area contributed by atoms with Crippen LogP contribution in [0.2, 0.25) is 0 Å². The summed E-state index contributed by atoms with van der Waals surface area (Å²) in [5, 5.41) is 0. The minimum absolute atomic E-state index is 0. The Balaban J connectivity index is 0. The minimum Gasteiger partial charge on any atom is -1.00 e. The third-order valence-electron chi connectivity index (χ3n) is 0. The predicted molar refractivity (Wildman–Crippen MR) is 20.7 cm³/mol. The van der Waals surface area contributed by atoms with Gasteiger partial charge in [-0.05, 0) is 0 Å². The molecule has 0 heterocycles. The smallest absolute Gasteiger partial charge is 1.00 e. The molecule has 2 N–H and O–H groups in total. The second-order valence-electron chi connectivity index (χ2n) is 0. The molecule has 0 bridgehead atoms. The summed E-state index contributed by atoms with van der Waals surface area (Å²) in [6.45, 7) is 0. The first-order valence-electron chi connectivity index (χ1n) is 0. The van der Waals surface area contributed by atoms with Gasteiger partial charge < -0.3 is 12.6 Å². The van der Waals surface area contributed by atoms with Crippen LogP contribution in [0.1, 0.15) is 7.13 Å². The van der Waals surface area contributed by atoms with Gasteiger partial charge in [0.2, 0.25) is 0 Å². The van der Waals surface area contributed by atoms with Crippen LogP contribution < -0.4 is 18.9 Å². The SMILES string of the molecule is O.[Ca+2].[H-].[H-].[H-].[H-].[H-].[Li+].[Mg+2]. The Morgan fingerprint density at radius 2 is 1.25 bits per heavy atom. The van der Waals surface area contributed by atoms with Gasteiger partial charge in [-0.25, -0.2) is 0 Å². The minimum atomic E-state index is 0. The van der Waals surface area contributed by atoms with Crippen LogP contribution in [0.25, 0.3) is 0 Å². The van der Waals surface area contributed by atoms with E-state index < -0.39 is 0 Å². The normalized spacial score (nSPS) is 0. The zero-order chi connectivity index (χ0) is 0. The third kappa shape index (κ3) is 8.82. The third-order valence-corrected chi connectivity index (χ3v) is 0. The van der Waals surface area contributed by atoms with E-state index in [1.807, 2.05) is 0 Å². The predicted octanol–water partition coefficient (Wildman–Crippen LogP) is -4.02. The van der Waals surface area contributed by atoms with Gasteiger partial charge in [-0.1, -0.05) is 0 Å². The van der Waals surface area contributed by atoms with E-state index in [1.165, 1.54) is 0 Å². The summed E-state index contributed by atoms with van der Waals surface area (Å²) in [4.78, 5) is 0. The second kappa shape index (κ2) is 17.6. The Morgan fingerprint density at radius 1 is 1.25 bits per heavy atom. The maximum atomic E-state index is 0. The molecule has 0 aromatic rings. The summed E-state index contributed by atoms with van der Waals surface area (Å²) < 4.78 is 0. The first-order chi connectivity index (χ1) is 0. The molecule has 0 aliphatic rings. The van der Waals surface area contributed by atoms with Gasteiger partial charge in [-0.2, -0.15) is 0 Å². The molecule has 18 valence electrons. The molecule has 0 rings (SSSR count). The molecule has 0 unspecified atom stereocenters. The molecule has 0 radical (unpaired) electrons. The van der Waals surface area contributed by atoms with Crippen LogP contribution in [0.4, 0.5) is 0 Å². The van der Waals surface area contributed by atoms with E-state index in [2.05, 4.69) is 0 Å². The number of hydrogen-bond acceptors (Lipinski definition) is 0. The fraction of sp³-hybridized carbons (Fsp3) is 0. The van der Waals surface area contributed by atoms with Gasteiger partial charge in [0.05, 0.1) is 0 Å². The maximum Gasteiger partial charge on any atom is 2.00 e. The topological polar surface area (TPSA) is 31.5 Å². The fourth-order valence-electron chi connectivity index (χ4n) is 0. The van der Waals surface area contributed by atoms with Crippen molar-refractivity contribution in [1.82, 2.24) is 0 Å². The molecule has 0 atom stereocenters. The van der Waals surface area contributed by atoms with Crippen molar-refractivity contribution in [2.75, 3.05) is 0 Å². The van der Waals surface area contributed by atoms with Crippen LogP contribution >= 0.6 is 0 Å². The molecule has 0 fully saturated rings. The fourth-order valence-corrected chi connectivity index (χ4v) is 0. The van der Waals surface area contributed by atoms with E-state index in [0.717, 1.165) is 0 Å². The van der Waals surface area contributed by atoms with Crippen LogP contribution in [-0.4, -0.2) is 66.3 Å². The Bertz CT molecular complexity index is 16.9. The maximum absolute atomic E-state index is 0. The Hall–Kier alpha value is 2.58. The van der Waals surface area contributed by atoms with Crippen LogP contribution in [0.15, 0.2) is 0 Å². The quantitative estimate of drug-likeness (QED) is 0.274. The molecule has 0 saturated carbocycles. The van der Waals surface area contributed by atoms with E-state index >= 15 is 0 Å². The molecule has 0 aromatic carbocycles. The van der Waals surface area contributed by atoms with E-state index in [1.54, 1.807) is 0 Å².